The summed E-state index contributed by atoms with van der Waals surface area (Å²) in [6.45, 7) is 2.01. The van der Waals surface area contributed by atoms with Crippen LogP contribution in [0.2, 0.25) is 0 Å². The fourth-order valence-electron chi connectivity index (χ4n) is 2.22. The lowest BCUT2D eigenvalue weighted by molar-refractivity contribution is 0.639. The van der Waals surface area contributed by atoms with E-state index in [9.17, 15) is 4.39 Å². The van der Waals surface area contributed by atoms with Gasteiger partial charge >= 0.3 is 0 Å². The van der Waals surface area contributed by atoms with Crippen LogP contribution in [0.4, 0.5) is 10.2 Å². The molecule has 0 aliphatic carbocycles. The first-order valence-electron chi connectivity index (χ1n) is 6.56. The third kappa shape index (κ3) is 2.88. The van der Waals surface area contributed by atoms with E-state index in [0.29, 0.717) is 16.7 Å². The highest BCUT2D eigenvalue weighted by Gasteiger charge is 2.12. The molecule has 21 heavy (non-hydrogen) atoms. The van der Waals surface area contributed by atoms with Crippen LogP contribution in [0.25, 0.3) is 10.9 Å². The Labute approximate surface area is 130 Å². The number of nitrogens with zero attached hydrogens (tertiary/aromatic N) is 2. The molecule has 5 heteroatoms. The summed E-state index contributed by atoms with van der Waals surface area (Å²) in [5.41, 5.74) is 1.69. The van der Waals surface area contributed by atoms with Crippen LogP contribution in [0.15, 0.2) is 53.3 Å². The Morgan fingerprint density at radius 1 is 1.10 bits per heavy atom. The summed E-state index contributed by atoms with van der Waals surface area (Å²) in [6, 6.07) is 12.8. The lowest BCUT2D eigenvalue weighted by atomic mass is 10.1. The number of nitrogens with one attached hydrogen (secondary N) is 1. The van der Waals surface area contributed by atoms with Crippen molar-refractivity contribution >= 4 is 32.7 Å². The summed E-state index contributed by atoms with van der Waals surface area (Å²) in [5, 5.41) is 3.68. The maximum atomic E-state index is 14.0. The molecule has 0 radical (unpaired) electrons. The Bertz CT molecular complexity index is 769. The molecule has 3 rings (SSSR count). The molecule has 0 aliphatic rings. The second-order valence-corrected chi connectivity index (χ2v) is 5.69. The third-order valence-electron chi connectivity index (χ3n) is 3.34. The van der Waals surface area contributed by atoms with Gasteiger partial charge in [-0.25, -0.2) is 14.4 Å². The largest absolute Gasteiger partial charge is 0.363 e. The van der Waals surface area contributed by atoms with Crippen molar-refractivity contribution in [2.45, 2.75) is 13.0 Å². The molecule has 1 aromatic heterocycles. The van der Waals surface area contributed by atoms with Crippen LogP contribution >= 0.6 is 15.9 Å². The number of rotatable bonds is 3. The Kier molecular flexibility index (Phi) is 3.84. The Morgan fingerprint density at radius 2 is 1.86 bits per heavy atom. The minimum atomic E-state index is -0.321. The van der Waals surface area contributed by atoms with Gasteiger partial charge < -0.3 is 5.32 Å². The number of benzene rings is 2. The van der Waals surface area contributed by atoms with Gasteiger partial charge in [0.15, 0.2) is 0 Å². The summed E-state index contributed by atoms with van der Waals surface area (Å²) in [6.07, 6.45) is 1.44. The third-order valence-corrected chi connectivity index (χ3v) is 3.86. The zero-order valence-corrected chi connectivity index (χ0v) is 12.9. The predicted octanol–water partition coefficient (Wildman–Crippen LogP) is 4.70. The van der Waals surface area contributed by atoms with E-state index in [0.717, 1.165) is 10.0 Å². The van der Waals surface area contributed by atoms with Gasteiger partial charge in [0.25, 0.3) is 0 Å². The van der Waals surface area contributed by atoms with Gasteiger partial charge in [-0.2, -0.15) is 0 Å². The molecule has 0 aliphatic heterocycles. The molecule has 1 atom stereocenters. The molecule has 1 unspecified atom stereocenters. The van der Waals surface area contributed by atoms with Crippen molar-refractivity contribution in [3.63, 3.8) is 0 Å². The number of fused-ring (bicyclic) bond motifs is 1. The molecular formula is C16H13BrFN3. The van der Waals surface area contributed by atoms with E-state index >= 15 is 0 Å². The Morgan fingerprint density at radius 3 is 2.62 bits per heavy atom. The average Bonchev–Trinajstić information content (AvgIpc) is 2.48. The van der Waals surface area contributed by atoms with Gasteiger partial charge in [-0.05, 0) is 36.8 Å². The molecule has 0 spiro atoms. The second kappa shape index (κ2) is 5.77. The first-order chi connectivity index (χ1) is 10.1. The maximum absolute atomic E-state index is 14.0. The van der Waals surface area contributed by atoms with E-state index in [2.05, 4.69) is 31.2 Å². The molecular weight excluding hydrogens is 333 g/mol. The van der Waals surface area contributed by atoms with Gasteiger partial charge in [0, 0.05) is 10.5 Å². The minimum absolute atomic E-state index is 0.0100. The van der Waals surface area contributed by atoms with Crippen LogP contribution in [0, 0.1) is 5.82 Å². The van der Waals surface area contributed by atoms with Crippen LogP contribution in [0.1, 0.15) is 18.5 Å². The average molecular weight is 346 g/mol. The van der Waals surface area contributed by atoms with E-state index < -0.39 is 0 Å². The second-order valence-electron chi connectivity index (χ2n) is 4.77. The van der Waals surface area contributed by atoms with Crippen molar-refractivity contribution in [3.05, 3.63) is 64.6 Å². The Hall–Kier alpha value is -2.01. The highest BCUT2D eigenvalue weighted by molar-refractivity contribution is 9.10. The fourth-order valence-corrected chi connectivity index (χ4v) is 2.48. The van der Waals surface area contributed by atoms with Crippen molar-refractivity contribution in [1.82, 2.24) is 9.97 Å². The van der Waals surface area contributed by atoms with Crippen molar-refractivity contribution in [3.8, 4) is 0 Å². The van der Waals surface area contributed by atoms with E-state index in [1.807, 2.05) is 31.2 Å². The topological polar surface area (TPSA) is 37.8 Å². The fraction of sp³-hybridized carbons (Fsp3) is 0.125. The van der Waals surface area contributed by atoms with E-state index in [1.54, 1.807) is 12.1 Å². The van der Waals surface area contributed by atoms with Gasteiger partial charge in [0.1, 0.15) is 18.0 Å². The molecule has 0 bridgehead atoms. The number of hydrogen-bond acceptors (Lipinski definition) is 3. The lowest BCUT2D eigenvalue weighted by Gasteiger charge is -2.16. The molecule has 0 fully saturated rings. The van der Waals surface area contributed by atoms with Gasteiger partial charge in [-0.15, -0.1) is 0 Å². The molecule has 0 amide bonds. The van der Waals surface area contributed by atoms with Gasteiger partial charge in [0.05, 0.1) is 10.9 Å². The summed E-state index contributed by atoms with van der Waals surface area (Å²) in [4.78, 5) is 8.28. The summed E-state index contributed by atoms with van der Waals surface area (Å²) in [5.74, 6) is 0.187. The van der Waals surface area contributed by atoms with Crippen molar-refractivity contribution in [1.29, 1.82) is 0 Å². The normalized spacial score (nSPS) is 12.3. The molecule has 3 nitrogen and oxygen atoms in total. The van der Waals surface area contributed by atoms with Crippen LogP contribution in [-0.4, -0.2) is 9.97 Å². The number of anilines is 1. The minimum Gasteiger partial charge on any atom is -0.363 e. The van der Waals surface area contributed by atoms with Crippen molar-refractivity contribution in [2.75, 3.05) is 5.32 Å². The van der Waals surface area contributed by atoms with Gasteiger partial charge in [0.2, 0.25) is 0 Å². The molecule has 0 saturated carbocycles. The van der Waals surface area contributed by atoms with Crippen molar-refractivity contribution in [2.24, 2.45) is 0 Å². The van der Waals surface area contributed by atoms with E-state index in [-0.39, 0.29) is 11.9 Å². The smallest absolute Gasteiger partial charge is 0.140 e. The SMILES string of the molecule is CC(Nc1ncnc2cccc(F)c12)c1ccc(Br)cc1. The maximum Gasteiger partial charge on any atom is 0.140 e. The van der Waals surface area contributed by atoms with Crippen LogP contribution in [0.5, 0.6) is 0 Å². The Balaban J connectivity index is 1.96. The first kappa shape index (κ1) is 13.9. The summed E-state index contributed by atoms with van der Waals surface area (Å²) >= 11 is 3.41. The molecule has 1 N–H and O–H groups in total. The first-order valence-corrected chi connectivity index (χ1v) is 7.35. The lowest BCUT2D eigenvalue weighted by Crippen LogP contribution is -2.09. The molecule has 0 saturated heterocycles. The van der Waals surface area contributed by atoms with Gasteiger partial charge in [-0.3, -0.25) is 0 Å². The van der Waals surface area contributed by atoms with Crippen LogP contribution < -0.4 is 5.32 Å². The molecule has 1 heterocycles. The summed E-state index contributed by atoms with van der Waals surface area (Å²) in [7, 11) is 0. The summed E-state index contributed by atoms with van der Waals surface area (Å²) < 4.78 is 15.1. The highest BCUT2D eigenvalue weighted by Crippen LogP contribution is 2.26. The monoisotopic (exact) mass is 345 g/mol. The zero-order chi connectivity index (χ0) is 14.8. The van der Waals surface area contributed by atoms with Crippen LogP contribution in [-0.2, 0) is 0 Å². The molecule has 106 valence electrons. The van der Waals surface area contributed by atoms with Crippen molar-refractivity contribution < 1.29 is 4.39 Å². The predicted molar refractivity (Wildman–Crippen MR) is 85.7 cm³/mol. The quantitative estimate of drug-likeness (QED) is 0.747. The molecule has 3 aromatic rings. The van der Waals surface area contributed by atoms with E-state index in [4.69, 9.17) is 0 Å². The number of hydrogen-bond donors (Lipinski definition) is 1. The zero-order valence-electron chi connectivity index (χ0n) is 11.3. The number of aromatic nitrogens is 2. The standard InChI is InChI=1S/C16H13BrFN3/c1-10(11-5-7-12(17)8-6-11)21-16-15-13(18)3-2-4-14(15)19-9-20-16/h2-10H,1H3,(H,19,20,21). The van der Waals surface area contributed by atoms with E-state index in [1.165, 1.54) is 12.4 Å². The highest BCUT2D eigenvalue weighted by atomic mass is 79.9. The number of halogens is 2. The molecule has 2 aromatic carbocycles. The van der Waals surface area contributed by atoms with Gasteiger partial charge in [-0.1, -0.05) is 34.1 Å². The van der Waals surface area contributed by atoms with Crippen LogP contribution in [0.3, 0.4) is 0 Å².